The second kappa shape index (κ2) is 9.02. The van der Waals surface area contributed by atoms with Crippen LogP contribution in [0.25, 0.3) is 0 Å². The summed E-state index contributed by atoms with van der Waals surface area (Å²) in [6.07, 6.45) is -2.34. The third kappa shape index (κ3) is 4.17. The van der Waals surface area contributed by atoms with Crippen LogP contribution in [0.2, 0.25) is 0 Å². The second-order valence-electron chi connectivity index (χ2n) is 11.7. The first-order valence-electron chi connectivity index (χ1n) is 12.9. The van der Waals surface area contributed by atoms with Crippen molar-refractivity contribution in [2.24, 2.45) is 0 Å². The summed E-state index contributed by atoms with van der Waals surface area (Å²) in [6, 6.07) is 2.25. The van der Waals surface area contributed by atoms with Crippen LogP contribution < -0.4 is 9.80 Å². The number of rotatable bonds is 3. The molecule has 2 saturated heterocycles. The van der Waals surface area contributed by atoms with Crippen LogP contribution in [-0.2, 0) is 26.2 Å². The predicted octanol–water partition coefficient (Wildman–Crippen LogP) is 3.19. The van der Waals surface area contributed by atoms with Gasteiger partial charge in [-0.05, 0) is 33.3 Å². The highest BCUT2D eigenvalue weighted by atomic mass is 32.2. The van der Waals surface area contributed by atoms with Crippen molar-refractivity contribution in [2.75, 3.05) is 35.2 Å². The topological polar surface area (TPSA) is 123 Å². The summed E-state index contributed by atoms with van der Waals surface area (Å²) >= 11 is 0. The highest BCUT2D eigenvalue weighted by molar-refractivity contribution is 7.95. The minimum Gasteiger partial charge on any atom is -0.350 e. The number of amides is 1. The van der Waals surface area contributed by atoms with E-state index in [0.717, 1.165) is 11.6 Å². The second-order valence-corrected chi connectivity index (χ2v) is 14.2. The van der Waals surface area contributed by atoms with Gasteiger partial charge in [0.05, 0.1) is 22.9 Å². The molecular weight excluding hydrogens is 547 g/mol. The van der Waals surface area contributed by atoms with Gasteiger partial charge in [0, 0.05) is 48.9 Å². The maximum absolute atomic E-state index is 13.4. The molecule has 1 unspecified atom stereocenters. The van der Waals surface area contributed by atoms with Gasteiger partial charge in [-0.25, -0.2) is 23.4 Å². The summed E-state index contributed by atoms with van der Waals surface area (Å²) in [7, 11) is -3.47. The number of nitrogens with zero attached hydrogens (tertiary/aromatic N) is 7. The standard InChI is InChI=1S/C26H30F3N7O3S/c1-15-12-35(23(37)25(5)6-7-40(25,38)39)16(2)11-34(15)21-20-22(33-14-32-21)36(13-24(20,3)4)19-8-17(9-30)18(10-31-19)26(27,28)29/h8,10,14-16H,6-7,11-13H2,1-5H3/t15-,16+,25?/m0/s1. The molecule has 5 heterocycles. The molecule has 0 bridgehead atoms. The van der Waals surface area contributed by atoms with E-state index in [1.165, 1.54) is 13.3 Å². The molecule has 0 radical (unpaired) electrons. The molecule has 0 aliphatic carbocycles. The third-order valence-corrected chi connectivity index (χ3v) is 10.9. The molecule has 14 heteroatoms. The van der Waals surface area contributed by atoms with Crippen LogP contribution in [-0.4, -0.2) is 76.4 Å². The fraction of sp³-hybridized carbons (Fsp3) is 0.577. The van der Waals surface area contributed by atoms with Gasteiger partial charge in [-0.3, -0.25) is 4.79 Å². The van der Waals surface area contributed by atoms with Gasteiger partial charge >= 0.3 is 6.18 Å². The van der Waals surface area contributed by atoms with Crippen molar-refractivity contribution in [3.05, 3.63) is 35.3 Å². The first-order valence-corrected chi connectivity index (χ1v) is 14.6. The van der Waals surface area contributed by atoms with Gasteiger partial charge in [0.1, 0.15) is 28.5 Å². The van der Waals surface area contributed by atoms with E-state index in [1.54, 1.807) is 15.9 Å². The number of alkyl halides is 3. The van der Waals surface area contributed by atoms with Gasteiger partial charge in [-0.2, -0.15) is 18.4 Å². The fourth-order valence-corrected chi connectivity index (χ4v) is 7.40. The normalized spacial score (nSPS) is 27.1. The first-order chi connectivity index (χ1) is 18.5. The lowest BCUT2D eigenvalue weighted by Crippen LogP contribution is -2.66. The molecule has 2 aromatic heterocycles. The maximum atomic E-state index is 13.4. The van der Waals surface area contributed by atoms with Crippen LogP contribution in [0.3, 0.4) is 0 Å². The van der Waals surface area contributed by atoms with Crippen LogP contribution in [0.15, 0.2) is 18.6 Å². The van der Waals surface area contributed by atoms with E-state index in [9.17, 15) is 31.6 Å². The van der Waals surface area contributed by atoms with E-state index in [1.807, 2.05) is 27.7 Å². The van der Waals surface area contributed by atoms with Crippen molar-refractivity contribution in [3.63, 3.8) is 0 Å². The van der Waals surface area contributed by atoms with Crippen LogP contribution in [0.5, 0.6) is 0 Å². The van der Waals surface area contributed by atoms with Gasteiger partial charge in [0.2, 0.25) is 5.91 Å². The summed E-state index contributed by atoms with van der Waals surface area (Å²) < 4.78 is 63.5. The minimum atomic E-state index is -4.70. The van der Waals surface area contributed by atoms with E-state index in [4.69, 9.17) is 0 Å². The van der Waals surface area contributed by atoms with Crippen molar-refractivity contribution >= 4 is 33.2 Å². The van der Waals surface area contributed by atoms with E-state index in [-0.39, 0.29) is 29.6 Å². The zero-order valence-corrected chi connectivity index (χ0v) is 23.6. The Balaban J connectivity index is 1.48. The zero-order valence-electron chi connectivity index (χ0n) is 22.8. The Bertz CT molecular complexity index is 1540. The van der Waals surface area contributed by atoms with Gasteiger partial charge in [-0.1, -0.05) is 13.8 Å². The number of piperazine rings is 1. The molecule has 0 aromatic carbocycles. The number of anilines is 3. The Morgan fingerprint density at radius 3 is 2.35 bits per heavy atom. The van der Waals surface area contributed by atoms with Crippen molar-refractivity contribution in [1.29, 1.82) is 5.26 Å². The highest BCUT2D eigenvalue weighted by Crippen LogP contribution is 2.47. The third-order valence-electron chi connectivity index (χ3n) is 8.39. The lowest BCUT2D eigenvalue weighted by atomic mass is 9.87. The summed E-state index contributed by atoms with van der Waals surface area (Å²) in [4.78, 5) is 31.8. The molecule has 10 nitrogen and oxygen atoms in total. The van der Waals surface area contributed by atoms with E-state index >= 15 is 0 Å². The van der Waals surface area contributed by atoms with Crippen LogP contribution >= 0.6 is 0 Å². The summed E-state index contributed by atoms with van der Waals surface area (Å²) in [5, 5.41) is 9.38. The van der Waals surface area contributed by atoms with Gasteiger partial charge < -0.3 is 14.7 Å². The molecule has 3 aliphatic heterocycles. The molecule has 2 aromatic rings. The maximum Gasteiger partial charge on any atom is 0.419 e. The summed E-state index contributed by atoms with van der Waals surface area (Å²) in [5.74, 6) is 0.935. The minimum absolute atomic E-state index is 0.0153. The van der Waals surface area contributed by atoms with Crippen LogP contribution in [0.1, 0.15) is 57.7 Å². The Morgan fingerprint density at radius 1 is 1.10 bits per heavy atom. The lowest BCUT2D eigenvalue weighted by Gasteiger charge is -2.49. The molecule has 0 saturated carbocycles. The molecule has 1 amide bonds. The van der Waals surface area contributed by atoms with Crippen LogP contribution in [0, 0.1) is 11.3 Å². The number of carbonyl (C=O) groups excluding carboxylic acids is 1. The molecule has 214 valence electrons. The number of hydrogen-bond acceptors (Lipinski definition) is 9. The van der Waals surface area contributed by atoms with E-state index in [2.05, 4.69) is 19.9 Å². The average molecular weight is 578 g/mol. The van der Waals surface area contributed by atoms with Crippen molar-refractivity contribution in [1.82, 2.24) is 19.9 Å². The van der Waals surface area contributed by atoms with Crippen molar-refractivity contribution < 1.29 is 26.4 Å². The largest absolute Gasteiger partial charge is 0.419 e. The SMILES string of the molecule is C[C@@H]1CN(c2ncnc3c2C(C)(C)CN3c2cc(C#N)c(C(F)(F)F)cn2)[C@@H](C)CN1C(=O)C1(C)CCS1(=O)=O. The Labute approximate surface area is 230 Å². The predicted molar refractivity (Wildman–Crippen MR) is 141 cm³/mol. The number of hydrogen-bond donors (Lipinski definition) is 0. The molecule has 0 spiro atoms. The number of carbonyl (C=O) groups is 1. The molecule has 2 fully saturated rings. The van der Waals surface area contributed by atoms with Gasteiger partial charge in [0.25, 0.3) is 0 Å². The van der Waals surface area contributed by atoms with Crippen molar-refractivity contribution in [3.8, 4) is 6.07 Å². The molecule has 40 heavy (non-hydrogen) atoms. The van der Waals surface area contributed by atoms with Crippen molar-refractivity contribution in [2.45, 2.75) is 69.5 Å². The van der Waals surface area contributed by atoms with Crippen LogP contribution in [0.4, 0.5) is 30.6 Å². The smallest absolute Gasteiger partial charge is 0.350 e. The number of fused-ring (bicyclic) bond motifs is 1. The zero-order chi connectivity index (χ0) is 29.4. The van der Waals surface area contributed by atoms with Gasteiger partial charge in [0.15, 0.2) is 9.84 Å². The highest BCUT2D eigenvalue weighted by Gasteiger charge is 2.57. The molecule has 5 rings (SSSR count). The average Bonchev–Trinajstić information content (AvgIpc) is 3.18. The first kappa shape index (κ1) is 28.1. The Morgan fingerprint density at radius 2 is 1.77 bits per heavy atom. The number of aromatic nitrogens is 3. The number of halogens is 3. The number of pyridine rings is 1. The molecule has 3 aliphatic rings. The number of sulfone groups is 1. The summed E-state index contributed by atoms with van der Waals surface area (Å²) in [6.45, 7) is 10.3. The van der Waals surface area contributed by atoms with E-state index < -0.39 is 37.3 Å². The van der Waals surface area contributed by atoms with Gasteiger partial charge in [-0.15, -0.1) is 0 Å². The van der Waals surface area contributed by atoms with E-state index in [0.29, 0.717) is 43.9 Å². The molecular formula is C26H30F3N7O3S. The number of nitriles is 1. The molecule has 3 atom stereocenters. The Kier molecular flexibility index (Phi) is 6.33. The molecule has 0 N–H and O–H groups in total. The quantitative estimate of drug-likeness (QED) is 0.541. The summed E-state index contributed by atoms with van der Waals surface area (Å²) in [5.41, 5.74) is -1.38. The Hall–Kier alpha value is -3.47. The monoisotopic (exact) mass is 577 g/mol. The fourth-order valence-electron chi connectivity index (χ4n) is 5.87. The lowest BCUT2D eigenvalue weighted by molar-refractivity contribution is -0.138.